The second kappa shape index (κ2) is 5.57. The van der Waals surface area contributed by atoms with E-state index in [9.17, 15) is 0 Å². The Balaban J connectivity index is 2.74. The number of nitrogens with zero attached hydrogens (tertiary/aromatic N) is 3. The van der Waals surface area contributed by atoms with Crippen LogP contribution in [0.1, 0.15) is 18.9 Å². The van der Waals surface area contributed by atoms with Gasteiger partial charge in [0.2, 0.25) is 0 Å². The van der Waals surface area contributed by atoms with Gasteiger partial charge in [0.25, 0.3) is 0 Å². The lowest BCUT2D eigenvalue weighted by Crippen LogP contribution is -2.29. The molecule has 0 aliphatic rings. The van der Waals surface area contributed by atoms with Crippen molar-refractivity contribution in [1.29, 1.82) is 5.26 Å². The molecule has 0 aliphatic carbocycles. The SMILES string of the molecule is CC(CC#N)N(C)c1ccc(CCl)cn1. The third kappa shape index (κ3) is 3.10. The molecule has 1 atom stereocenters. The molecule has 0 saturated carbocycles. The van der Waals surface area contributed by atoms with E-state index in [0.29, 0.717) is 12.3 Å². The minimum absolute atomic E-state index is 0.171. The highest BCUT2D eigenvalue weighted by atomic mass is 35.5. The maximum atomic E-state index is 8.60. The first-order valence-electron chi connectivity index (χ1n) is 4.79. The Morgan fingerprint density at radius 3 is 2.80 bits per heavy atom. The monoisotopic (exact) mass is 223 g/mol. The van der Waals surface area contributed by atoms with Crippen molar-refractivity contribution in [2.45, 2.75) is 25.3 Å². The van der Waals surface area contributed by atoms with Gasteiger partial charge in [-0.05, 0) is 18.6 Å². The van der Waals surface area contributed by atoms with Crippen LogP contribution in [0.2, 0.25) is 0 Å². The summed E-state index contributed by atoms with van der Waals surface area (Å²) in [6.07, 6.45) is 2.26. The topological polar surface area (TPSA) is 39.9 Å². The van der Waals surface area contributed by atoms with Crippen molar-refractivity contribution in [2.75, 3.05) is 11.9 Å². The zero-order valence-corrected chi connectivity index (χ0v) is 9.70. The fraction of sp³-hybridized carbons (Fsp3) is 0.455. The fourth-order valence-electron chi connectivity index (χ4n) is 1.20. The molecule has 0 saturated heterocycles. The van der Waals surface area contributed by atoms with Crippen molar-refractivity contribution in [2.24, 2.45) is 0 Å². The highest BCUT2D eigenvalue weighted by molar-refractivity contribution is 6.17. The standard InChI is InChI=1S/C11H14ClN3/c1-9(5-6-13)15(2)11-4-3-10(7-12)8-14-11/h3-4,8-9H,5,7H2,1-2H3. The van der Waals surface area contributed by atoms with Crippen molar-refractivity contribution in [3.63, 3.8) is 0 Å². The summed E-state index contributed by atoms with van der Waals surface area (Å²) in [5, 5.41) is 8.60. The zero-order valence-electron chi connectivity index (χ0n) is 8.94. The molecule has 0 spiro atoms. The highest BCUT2D eigenvalue weighted by Crippen LogP contribution is 2.14. The van der Waals surface area contributed by atoms with E-state index in [1.807, 2.05) is 31.0 Å². The Kier molecular flexibility index (Phi) is 4.38. The molecule has 1 rings (SSSR count). The van der Waals surface area contributed by atoms with E-state index < -0.39 is 0 Å². The van der Waals surface area contributed by atoms with Crippen LogP contribution in [0.5, 0.6) is 0 Å². The summed E-state index contributed by atoms with van der Waals surface area (Å²) in [7, 11) is 1.94. The molecule has 1 aromatic heterocycles. The summed E-state index contributed by atoms with van der Waals surface area (Å²) in [5.74, 6) is 1.34. The molecule has 0 aromatic carbocycles. The fourth-order valence-corrected chi connectivity index (χ4v) is 1.36. The Hall–Kier alpha value is -1.27. The van der Waals surface area contributed by atoms with Crippen LogP contribution in [0, 0.1) is 11.3 Å². The van der Waals surface area contributed by atoms with Crippen molar-refractivity contribution in [1.82, 2.24) is 4.98 Å². The first kappa shape index (κ1) is 11.8. The van der Waals surface area contributed by atoms with E-state index in [4.69, 9.17) is 16.9 Å². The largest absolute Gasteiger partial charge is 0.356 e. The lowest BCUT2D eigenvalue weighted by Gasteiger charge is -2.23. The number of rotatable bonds is 4. The number of halogens is 1. The van der Waals surface area contributed by atoms with Gasteiger partial charge in [-0.2, -0.15) is 5.26 Å². The van der Waals surface area contributed by atoms with E-state index in [1.165, 1.54) is 0 Å². The van der Waals surface area contributed by atoms with Crippen LogP contribution in [0.25, 0.3) is 0 Å². The minimum Gasteiger partial charge on any atom is -0.356 e. The molecule has 15 heavy (non-hydrogen) atoms. The van der Waals surface area contributed by atoms with Gasteiger partial charge in [-0.1, -0.05) is 6.07 Å². The summed E-state index contributed by atoms with van der Waals surface area (Å²) < 4.78 is 0. The molecule has 1 unspecified atom stereocenters. The number of aromatic nitrogens is 1. The average Bonchev–Trinajstić information content (AvgIpc) is 2.28. The molecule has 0 radical (unpaired) electrons. The van der Waals surface area contributed by atoms with Crippen molar-refractivity contribution in [3.05, 3.63) is 23.9 Å². The third-order valence-electron chi connectivity index (χ3n) is 2.37. The summed E-state index contributed by atoms with van der Waals surface area (Å²) >= 11 is 5.67. The summed E-state index contributed by atoms with van der Waals surface area (Å²) in [4.78, 5) is 6.27. The highest BCUT2D eigenvalue weighted by Gasteiger charge is 2.10. The Bertz CT molecular complexity index is 342. The number of alkyl halides is 1. The van der Waals surface area contributed by atoms with Crippen LogP contribution in [-0.2, 0) is 5.88 Å². The average molecular weight is 224 g/mol. The van der Waals surface area contributed by atoms with Gasteiger partial charge in [-0.3, -0.25) is 0 Å². The molecule has 0 amide bonds. The zero-order chi connectivity index (χ0) is 11.3. The molecule has 4 heteroatoms. The normalized spacial score (nSPS) is 11.9. The number of anilines is 1. The second-order valence-corrected chi connectivity index (χ2v) is 3.75. The van der Waals surface area contributed by atoms with E-state index in [0.717, 1.165) is 11.4 Å². The van der Waals surface area contributed by atoms with Gasteiger partial charge in [-0.25, -0.2) is 4.98 Å². The predicted molar refractivity (Wildman–Crippen MR) is 61.9 cm³/mol. The molecule has 0 N–H and O–H groups in total. The summed E-state index contributed by atoms with van der Waals surface area (Å²) in [5.41, 5.74) is 1.00. The third-order valence-corrected chi connectivity index (χ3v) is 2.68. The van der Waals surface area contributed by atoms with Crippen molar-refractivity contribution >= 4 is 17.4 Å². The van der Waals surface area contributed by atoms with E-state index in [2.05, 4.69) is 11.1 Å². The first-order valence-corrected chi connectivity index (χ1v) is 5.33. The lowest BCUT2D eigenvalue weighted by atomic mass is 10.2. The summed E-state index contributed by atoms with van der Waals surface area (Å²) in [6, 6.07) is 6.19. The van der Waals surface area contributed by atoms with Crippen LogP contribution >= 0.6 is 11.6 Å². The quantitative estimate of drug-likeness (QED) is 0.737. The van der Waals surface area contributed by atoms with Crippen LogP contribution in [0.15, 0.2) is 18.3 Å². The van der Waals surface area contributed by atoms with E-state index in [1.54, 1.807) is 6.20 Å². The summed E-state index contributed by atoms with van der Waals surface area (Å²) in [6.45, 7) is 2.00. The maximum absolute atomic E-state index is 8.60. The molecule has 3 nitrogen and oxygen atoms in total. The van der Waals surface area contributed by atoms with Gasteiger partial charge < -0.3 is 4.90 Å². The molecule has 80 valence electrons. The Morgan fingerprint density at radius 1 is 1.60 bits per heavy atom. The molecule has 1 aromatic rings. The van der Waals surface area contributed by atoms with Crippen LogP contribution in [0.4, 0.5) is 5.82 Å². The smallest absolute Gasteiger partial charge is 0.128 e. The van der Waals surface area contributed by atoms with Gasteiger partial charge in [0.1, 0.15) is 5.82 Å². The van der Waals surface area contributed by atoms with Crippen LogP contribution < -0.4 is 4.90 Å². The van der Waals surface area contributed by atoms with Gasteiger partial charge in [-0.15, -0.1) is 11.6 Å². The number of hydrogen-bond donors (Lipinski definition) is 0. The van der Waals surface area contributed by atoms with Gasteiger partial charge in [0, 0.05) is 25.2 Å². The molecule has 0 fully saturated rings. The van der Waals surface area contributed by atoms with Crippen LogP contribution in [-0.4, -0.2) is 18.1 Å². The molecule has 0 bridgehead atoms. The van der Waals surface area contributed by atoms with E-state index in [-0.39, 0.29) is 6.04 Å². The van der Waals surface area contributed by atoms with Gasteiger partial charge in [0.05, 0.1) is 12.5 Å². The van der Waals surface area contributed by atoms with Crippen molar-refractivity contribution < 1.29 is 0 Å². The van der Waals surface area contributed by atoms with Crippen molar-refractivity contribution in [3.8, 4) is 6.07 Å². The molecule has 1 heterocycles. The molecular formula is C11H14ClN3. The van der Waals surface area contributed by atoms with E-state index >= 15 is 0 Å². The number of pyridine rings is 1. The van der Waals surface area contributed by atoms with Gasteiger partial charge in [0.15, 0.2) is 0 Å². The maximum Gasteiger partial charge on any atom is 0.128 e. The minimum atomic E-state index is 0.171. The predicted octanol–water partition coefficient (Wildman–Crippen LogP) is 2.56. The van der Waals surface area contributed by atoms with Crippen LogP contribution in [0.3, 0.4) is 0 Å². The van der Waals surface area contributed by atoms with Gasteiger partial charge >= 0.3 is 0 Å². The second-order valence-electron chi connectivity index (χ2n) is 3.48. The molecule has 0 aliphatic heterocycles. The number of hydrogen-bond acceptors (Lipinski definition) is 3. The number of nitriles is 1. The first-order chi connectivity index (χ1) is 7.19. The Labute approximate surface area is 95.3 Å². The lowest BCUT2D eigenvalue weighted by molar-refractivity contribution is 0.694. The molecular weight excluding hydrogens is 210 g/mol. The Morgan fingerprint density at radius 2 is 2.33 bits per heavy atom.